The summed E-state index contributed by atoms with van der Waals surface area (Å²) in [6, 6.07) is 48.9. The van der Waals surface area contributed by atoms with Crippen molar-refractivity contribution < 1.29 is 0 Å². The van der Waals surface area contributed by atoms with Crippen LogP contribution in [-0.4, -0.2) is 9.97 Å². The molecular formula is C37H25N3S. The fourth-order valence-electron chi connectivity index (χ4n) is 5.66. The van der Waals surface area contributed by atoms with Gasteiger partial charge in [0.1, 0.15) is 5.37 Å². The SMILES string of the molecule is c1ccc(-c2cc(-c3ccccc3)nc(-c3ccc4ccc5ccc6c(c5c4c3)NC(c3ccccc3)S6)n2)cc1. The molecule has 1 atom stereocenters. The molecule has 1 unspecified atom stereocenters. The third kappa shape index (κ3) is 4.33. The summed E-state index contributed by atoms with van der Waals surface area (Å²) in [4.78, 5) is 11.4. The second-order valence-corrected chi connectivity index (χ2v) is 11.4. The van der Waals surface area contributed by atoms with Gasteiger partial charge >= 0.3 is 0 Å². The minimum Gasteiger partial charge on any atom is -0.368 e. The van der Waals surface area contributed by atoms with Crippen molar-refractivity contribution in [2.45, 2.75) is 10.3 Å². The molecule has 1 N–H and O–H groups in total. The highest BCUT2D eigenvalue weighted by atomic mass is 32.2. The second-order valence-electron chi connectivity index (χ2n) is 10.3. The number of thioether (sulfide) groups is 1. The van der Waals surface area contributed by atoms with Gasteiger partial charge in [-0.1, -0.05) is 133 Å². The Bertz CT molecular complexity index is 1980. The summed E-state index contributed by atoms with van der Waals surface area (Å²) in [5.41, 5.74) is 7.46. The first kappa shape index (κ1) is 23.9. The topological polar surface area (TPSA) is 37.8 Å². The van der Waals surface area contributed by atoms with Crippen molar-refractivity contribution >= 4 is 39.0 Å². The highest BCUT2D eigenvalue weighted by Gasteiger charge is 2.25. The summed E-state index contributed by atoms with van der Waals surface area (Å²) in [5, 5.41) is 8.90. The summed E-state index contributed by atoms with van der Waals surface area (Å²) >= 11 is 1.88. The van der Waals surface area contributed by atoms with E-state index in [0.717, 1.165) is 33.9 Å². The van der Waals surface area contributed by atoms with Gasteiger partial charge in [-0.25, -0.2) is 9.97 Å². The number of nitrogens with one attached hydrogen (secondary N) is 1. The van der Waals surface area contributed by atoms with Gasteiger partial charge in [0.05, 0.1) is 17.1 Å². The van der Waals surface area contributed by atoms with Crippen LogP contribution in [0.15, 0.2) is 144 Å². The van der Waals surface area contributed by atoms with E-state index < -0.39 is 0 Å². The van der Waals surface area contributed by atoms with E-state index in [2.05, 4.69) is 133 Å². The van der Waals surface area contributed by atoms with Crippen LogP contribution in [0, 0.1) is 0 Å². The molecule has 0 aliphatic carbocycles. The van der Waals surface area contributed by atoms with Crippen LogP contribution in [0.2, 0.25) is 0 Å². The molecule has 4 heteroatoms. The van der Waals surface area contributed by atoms with Gasteiger partial charge in [0.15, 0.2) is 5.82 Å². The smallest absolute Gasteiger partial charge is 0.160 e. The molecule has 0 saturated heterocycles. The zero-order chi connectivity index (χ0) is 27.2. The van der Waals surface area contributed by atoms with Crippen LogP contribution in [0.5, 0.6) is 0 Å². The van der Waals surface area contributed by atoms with Crippen LogP contribution in [0.25, 0.3) is 55.4 Å². The number of fused-ring (bicyclic) bond motifs is 5. The first-order valence-corrected chi connectivity index (χ1v) is 14.7. The number of aromatic nitrogens is 2. The third-order valence-electron chi connectivity index (χ3n) is 7.71. The summed E-state index contributed by atoms with van der Waals surface area (Å²) in [5.74, 6) is 0.723. The Balaban J connectivity index is 1.31. The van der Waals surface area contributed by atoms with Crippen LogP contribution >= 0.6 is 11.8 Å². The summed E-state index contributed by atoms with van der Waals surface area (Å²) in [6.07, 6.45) is 0. The van der Waals surface area contributed by atoms with E-state index in [-0.39, 0.29) is 5.37 Å². The first-order chi connectivity index (χ1) is 20.3. The van der Waals surface area contributed by atoms with Crippen molar-refractivity contribution in [3.05, 3.63) is 145 Å². The molecule has 2 heterocycles. The van der Waals surface area contributed by atoms with Gasteiger partial charge < -0.3 is 5.32 Å². The number of nitrogens with zero attached hydrogens (tertiary/aromatic N) is 2. The van der Waals surface area contributed by atoms with E-state index >= 15 is 0 Å². The van der Waals surface area contributed by atoms with E-state index in [4.69, 9.17) is 9.97 Å². The Morgan fingerprint density at radius 3 is 1.80 bits per heavy atom. The Hall–Kier alpha value is -4.93. The van der Waals surface area contributed by atoms with Crippen molar-refractivity contribution in [2.24, 2.45) is 0 Å². The number of hydrogen-bond acceptors (Lipinski definition) is 4. The standard InChI is InChI=1S/C37H25N3S/c1-4-10-25(11-5-1)31-23-32(26-12-6-2-7-13-26)39-36(38-31)29-19-17-24-16-18-27-20-21-33-35(34(27)30(24)22-29)40-37(41-33)28-14-8-3-9-15-28/h1-23,37,40H. The lowest BCUT2D eigenvalue weighted by Crippen LogP contribution is -2.01. The minimum atomic E-state index is 0.189. The Labute approximate surface area is 242 Å². The predicted molar refractivity (Wildman–Crippen MR) is 172 cm³/mol. The molecule has 1 aliphatic heterocycles. The number of hydrogen-bond donors (Lipinski definition) is 1. The van der Waals surface area contributed by atoms with Gasteiger partial charge in [0.25, 0.3) is 0 Å². The maximum atomic E-state index is 5.08. The van der Waals surface area contributed by atoms with Gasteiger partial charge in [0.2, 0.25) is 0 Å². The summed E-state index contributed by atoms with van der Waals surface area (Å²) in [7, 11) is 0. The number of benzene rings is 6. The molecule has 41 heavy (non-hydrogen) atoms. The maximum absolute atomic E-state index is 5.08. The molecule has 0 saturated carbocycles. The highest BCUT2D eigenvalue weighted by Crippen LogP contribution is 2.50. The minimum absolute atomic E-state index is 0.189. The average molecular weight is 544 g/mol. The lowest BCUT2D eigenvalue weighted by Gasteiger charge is -2.13. The zero-order valence-corrected chi connectivity index (χ0v) is 23.0. The lowest BCUT2D eigenvalue weighted by atomic mass is 9.98. The van der Waals surface area contributed by atoms with Gasteiger partial charge in [0, 0.05) is 27.0 Å². The van der Waals surface area contributed by atoms with Crippen LogP contribution in [-0.2, 0) is 0 Å². The fourth-order valence-corrected chi connectivity index (χ4v) is 6.81. The largest absolute Gasteiger partial charge is 0.368 e. The molecule has 0 radical (unpaired) electrons. The molecule has 7 aromatic rings. The monoisotopic (exact) mass is 543 g/mol. The maximum Gasteiger partial charge on any atom is 0.160 e. The molecule has 194 valence electrons. The van der Waals surface area contributed by atoms with Crippen LogP contribution in [0.3, 0.4) is 0 Å². The van der Waals surface area contributed by atoms with Gasteiger partial charge in [-0.15, -0.1) is 0 Å². The average Bonchev–Trinajstić information content (AvgIpc) is 3.50. The van der Waals surface area contributed by atoms with Crippen molar-refractivity contribution in [2.75, 3.05) is 5.32 Å². The van der Waals surface area contributed by atoms with E-state index in [1.807, 2.05) is 23.9 Å². The Kier molecular flexibility index (Phi) is 5.78. The molecule has 0 bridgehead atoms. The third-order valence-corrected chi connectivity index (χ3v) is 8.93. The highest BCUT2D eigenvalue weighted by molar-refractivity contribution is 8.00. The van der Waals surface area contributed by atoms with E-state index in [1.165, 1.54) is 37.7 Å². The van der Waals surface area contributed by atoms with E-state index in [1.54, 1.807) is 0 Å². The number of anilines is 1. The zero-order valence-electron chi connectivity index (χ0n) is 22.2. The molecule has 0 amide bonds. The molecular weight excluding hydrogens is 518 g/mol. The first-order valence-electron chi connectivity index (χ1n) is 13.8. The van der Waals surface area contributed by atoms with Gasteiger partial charge in [-0.2, -0.15) is 0 Å². The Morgan fingerprint density at radius 2 is 1.12 bits per heavy atom. The van der Waals surface area contributed by atoms with Crippen molar-refractivity contribution in [3.8, 4) is 33.9 Å². The molecule has 3 nitrogen and oxygen atoms in total. The van der Waals surface area contributed by atoms with Crippen LogP contribution in [0.4, 0.5) is 5.69 Å². The molecule has 1 aliphatic rings. The molecule has 1 aromatic heterocycles. The molecule has 0 spiro atoms. The van der Waals surface area contributed by atoms with Crippen LogP contribution in [0.1, 0.15) is 10.9 Å². The molecule has 6 aromatic carbocycles. The van der Waals surface area contributed by atoms with Crippen molar-refractivity contribution in [1.82, 2.24) is 9.97 Å². The van der Waals surface area contributed by atoms with Crippen molar-refractivity contribution in [1.29, 1.82) is 0 Å². The Morgan fingerprint density at radius 1 is 0.537 bits per heavy atom. The fraction of sp³-hybridized carbons (Fsp3) is 0.0270. The quantitative estimate of drug-likeness (QED) is 0.224. The van der Waals surface area contributed by atoms with Gasteiger partial charge in [-0.05, 0) is 39.9 Å². The van der Waals surface area contributed by atoms with Gasteiger partial charge in [-0.3, -0.25) is 0 Å². The summed E-state index contributed by atoms with van der Waals surface area (Å²) in [6.45, 7) is 0. The second kappa shape index (κ2) is 9.92. The normalized spacial score (nSPS) is 14.2. The van der Waals surface area contributed by atoms with E-state index in [0.29, 0.717) is 0 Å². The molecule has 0 fully saturated rings. The summed E-state index contributed by atoms with van der Waals surface area (Å²) < 4.78 is 0. The predicted octanol–water partition coefficient (Wildman–Crippen LogP) is 10.0. The lowest BCUT2D eigenvalue weighted by molar-refractivity contribution is 1.14. The number of rotatable bonds is 4. The van der Waals surface area contributed by atoms with E-state index in [9.17, 15) is 0 Å². The molecule has 8 rings (SSSR count). The van der Waals surface area contributed by atoms with Crippen LogP contribution < -0.4 is 5.32 Å². The van der Waals surface area contributed by atoms with Crippen molar-refractivity contribution in [3.63, 3.8) is 0 Å².